The molecule has 2 aliphatic rings. The van der Waals surface area contributed by atoms with Crippen LogP contribution in [0.3, 0.4) is 0 Å². The van der Waals surface area contributed by atoms with Gasteiger partial charge in [0.2, 0.25) is 0 Å². The largest absolute Gasteiger partial charge is 0.0776 e. The second kappa shape index (κ2) is 36.1. The molecular formula is C106H126Si2. The minimum absolute atomic E-state index is 0.00999. The first-order valence-electron chi connectivity index (χ1n) is 43.0. The molecule has 2 heteroatoms. The van der Waals surface area contributed by atoms with E-state index in [1.165, 1.54) is 291 Å². The van der Waals surface area contributed by atoms with Crippen molar-refractivity contribution >= 4 is 26.5 Å². The van der Waals surface area contributed by atoms with E-state index < -0.39 is 16.1 Å². The van der Waals surface area contributed by atoms with E-state index in [0.717, 1.165) is 0 Å². The van der Waals surface area contributed by atoms with Crippen LogP contribution in [0.4, 0.5) is 0 Å². The van der Waals surface area contributed by atoms with Crippen molar-refractivity contribution in [2.45, 2.75) is 258 Å². The van der Waals surface area contributed by atoms with Crippen molar-refractivity contribution < 1.29 is 0 Å². The Hall–Kier alpha value is -8.15. The molecule has 108 heavy (non-hydrogen) atoms. The van der Waals surface area contributed by atoms with Crippen LogP contribution >= 0.6 is 0 Å². The molecule has 0 aromatic heterocycles. The molecule has 0 N–H and O–H groups in total. The molecule has 0 radical (unpaired) electrons. The summed E-state index contributed by atoms with van der Waals surface area (Å²) in [5, 5.41) is 3.18. The molecule has 0 aliphatic heterocycles. The van der Waals surface area contributed by atoms with E-state index in [4.69, 9.17) is 0 Å². The molecule has 0 spiro atoms. The van der Waals surface area contributed by atoms with E-state index in [1.807, 2.05) is 0 Å². The maximum atomic E-state index is 2.72. The Morgan fingerprint density at radius 1 is 0.194 bits per heavy atom. The molecule has 11 aromatic carbocycles. The lowest BCUT2D eigenvalue weighted by Gasteiger charge is -2.34. The molecule has 0 bridgehead atoms. The minimum Gasteiger partial charge on any atom is -0.0656 e. The van der Waals surface area contributed by atoms with Gasteiger partial charge in [0.05, 0.1) is 16.1 Å². The topological polar surface area (TPSA) is 0 Å². The summed E-state index contributed by atoms with van der Waals surface area (Å²) in [5.41, 5.74) is 32.1. The molecule has 0 fully saturated rings. The van der Waals surface area contributed by atoms with Crippen molar-refractivity contribution in [3.8, 4) is 111 Å². The van der Waals surface area contributed by atoms with E-state index in [-0.39, 0.29) is 10.8 Å². The van der Waals surface area contributed by atoms with E-state index in [0.29, 0.717) is 0 Å². The highest BCUT2D eigenvalue weighted by molar-refractivity contribution is 6.89. The van der Waals surface area contributed by atoms with Crippen LogP contribution in [0.1, 0.15) is 230 Å². The van der Waals surface area contributed by atoms with Gasteiger partial charge in [-0.05, 0) is 171 Å². The molecule has 558 valence electrons. The van der Waals surface area contributed by atoms with Gasteiger partial charge in [-0.15, -0.1) is 0 Å². The number of rotatable bonds is 38. The fourth-order valence-corrected chi connectivity index (χ4v) is 21.3. The third-order valence-corrected chi connectivity index (χ3v) is 29.1. The standard InChI is InChI=1S/C106H126Si2/c1-11-15-19-23-27-43-71-105(72-44-28-24-20-16-12-2)95-75-87(63-67-91(95)93-69-65-89(77-97(93)105)107(5,6)7)79-55-59-85(60-56-79)103-99(81-47-35-31-36-48-81)101(83-51-39-33-40-52-83)104(102(84-53-41-34-42-54-84)100(103)82-49-37-32-38-50-82)86-61-57-80(58-62-86)88-64-68-92-94-70-66-90(108(8,9)10)78-98(94)106(96(92)76-88,73-45-29-25-21-17-13-3)74-46-30-26-22-18-14-4/h31-42,47-70,75-78H,11-30,43-46,71-74H2,1-10H3. The summed E-state index contributed by atoms with van der Waals surface area (Å²) in [6.45, 7) is 24.6. The summed E-state index contributed by atoms with van der Waals surface area (Å²) < 4.78 is 0. The molecule has 13 rings (SSSR count). The summed E-state index contributed by atoms with van der Waals surface area (Å²) in [5.74, 6) is 0. The lowest BCUT2D eigenvalue weighted by atomic mass is 9.70. The smallest absolute Gasteiger partial charge is 0.0656 e. The molecule has 0 amide bonds. The molecule has 0 atom stereocenters. The zero-order chi connectivity index (χ0) is 75.1. The van der Waals surface area contributed by atoms with Crippen molar-refractivity contribution in [2.75, 3.05) is 0 Å². The molecular weight excluding hydrogens is 1330 g/mol. The second-order valence-electron chi connectivity index (χ2n) is 34.6. The summed E-state index contributed by atoms with van der Waals surface area (Å²) in [6.07, 6.45) is 36.4. The molecule has 0 unspecified atom stereocenters. The highest BCUT2D eigenvalue weighted by Gasteiger charge is 2.45. The third kappa shape index (κ3) is 17.1. The van der Waals surface area contributed by atoms with Crippen LogP contribution in [0.15, 0.2) is 243 Å². The van der Waals surface area contributed by atoms with E-state index in [9.17, 15) is 0 Å². The van der Waals surface area contributed by atoms with Gasteiger partial charge >= 0.3 is 0 Å². The van der Waals surface area contributed by atoms with E-state index in [1.54, 1.807) is 32.6 Å². The second-order valence-corrected chi connectivity index (χ2v) is 44.8. The molecule has 2 aliphatic carbocycles. The van der Waals surface area contributed by atoms with Crippen LogP contribution in [0.5, 0.6) is 0 Å². The quantitative estimate of drug-likeness (QED) is 0.0267. The van der Waals surface area contributed by atoms with Gasteiger partial charge in [0.15, 0.2) is 0 Å². The Bertz CT molecular complexity index is 4280. The Morgan fingerprint density at radius 3 is 0.648 bits per heavy atom. The fourth-order valence-electron chi connectivity index (χ4n) is 19.0. The van der Waals surface area contributed by atoms with Crippen molar-refractivity contribution in [1.29, 1.82) is 0 Å². The summed E-state index contributed by atoms with van der Waals surface area (Å²) in [4.78, 5) is 0. The SMILES string of the molecule is CCCCCCCCC1(CCCCCCCC)c2cc(-c3ccc(-c4c(-c5ccccc5)c(-c5ccccc5)c(-c5ccc(-c6ccc7c(c6)C(CCCCCCCC)(CCCCCCCC)c6cc([Si](C)(C)C)ccc6-7)cc5)c(-c5ccccc5)c4-c4ccccc4)cc3)ccc2-c2ccc([Si](C)(C)C)cc21. The lowest BCUT2D eigenvalue weighted by Crippen LogP contribution is -2.38. The first kappa shape index (κ1) is 78.0. The van der Waals surface area contributed by atoms with Crippen LogP contribution in [0.2, 0.25) is 39.3 Å². The van der Waals surface area contributed by atoms with Gasteiger partial charge in [0.1, 0.15) is 0 Å². The number of fused-ring (bicyclic) bond motifs is 6. The third-order valence-electron chi connectivity index (χ3n) is 25.0. The van der Waals surface area contributed by atoms with Gasteiger partial charge < -0.3 is 0 Å². The van der Waals surface area contributed by atoms with Crippen LogP contribution in [-0.2, 0) is 10.8 Å². The Balaban J connectivity index is 0.971. The van der Waals surface area contributed by atoms with Gasteiger partial charge in [-0.2, -0.15) is 0 Å². The molecule has 0 heterocycles. The summed E-state index contributed by atoms with van der Waals surface area (Å²) >= 11 is 0. The van der Waals surface area contributed by atoms with Gasteiger partial charge in [-0.3, -0.25) is 0 Å². The van der Waals surface area contributed by atoms with Crippen molar-refractivity contribution in [2.24, 2.45) is 0 Å². The number of unbranched alkanes of at least 4 members (excludes halogenated alkanes) is 20. The molecule has 0 saturated carbocycles. The van der Waals surface area contributed by atoms with Crippen molar-refractivity contribution in [3.63, 3.8) is 0 Å². The maximum absolute atomic E-state index is 2.72. The minimum atomic E-state index is -1.61. The van der Waals surface area contributed by atoms with Crippen LogP contribution in [-0.4, -0.2) is 16.1 Å². The maximum Gasteiger partial charge on any atom is 0.0776 e. The first-order valence-corrected chi connectivity index (χ1v) is 50.0. The van der Waals surface area contributed by atoms with Gasteiger partial charge in [-0.1, -0.05) is 462 Å². The van der Waals surface area contributed by atoms with Gasteiger partial charge in [0.25, 0.3) is 0 Å². The van der Waals surface area contributed by atoms with E-state index >= 15 is 0 Å². The Labute approximate surface area is 655 Å². The fraction of sp³-hybridized carbons (Fsp3) is 0.377. The summed E-state index contributed by atoms with van der Waals surface area (Å²) in [6, 6.07) is 96.1. The van der Waals surface area contributed by atoms with Crippen molar-refractivity contribution in [1.82, 2.24) is 0 Å². The highest BCUT2D eigenvalue weighted by Crippen LogP contribution is 2.59. The number of hydrogen-bond acceptors (Lipinski definition) is 0. The Kier molecular flexibility index (Phi) is 26.1. The van der Waals surface area contributed by atoms with Crippen molar-refractivity contribution in [3.05, 3.63) is 265 Å². The molecule has 0 nitrogen and oxygen atoms in total. The predicted molar refractivity (Wildman–Crippen MR) is 480 cm³/mol. The lowest BCUT2D eigenvalue weighted by molar-refractivity contribution is 0.398. The average molecular weight is 1460 g/mol. The highest BCUT2D eigenvalue weighted by atomic mass is 28.3. The van der Waals surface area contributed by atoms with E-state index in [2.05, 4.69) is 310 Å². The average Bonchev–Trinajstić information content (AvgIpc) is 1.43. The zero-order valence-electron chi connectivity index (χ0n) is 67.9. The monoisotopic (exact) mass is 1450 g/mol. The van der Waals surface area contributed by atoms with Crippen LogP contribution in [0.25, 0.3) is 111 Å². The van der Waals surface area contributed by atoms with Gasteiger partial charge in [0, 0.05) is 10.8 Å². The number of benzene rings is 11. The zero-order valence-corrected chi connectivity index (χ0v) is 69.9. The normalized spacial score (nSPS) is 13.4. The van der Waals surface area contributed by atoms with Crippen LogP contribution < -0.4 is 10.4 Å². The molecule has 11 aromatic rings. The van der Waals surface area contributed by atoms with Crippen LogP contribution in [0, 0.1) is 0 Å². The Morgan fingerprint density at radius 2 is 0.398 bits per heavy atom. The number of hydrogen-bond donors (Lipinski definition) is 0. The predicted octanol–water partition coefficient (Wildman–Crippen LogP) is 31.6. The van der Waals surface area contributed by atoms with Gasteiger partial charge in [-0.25, -0.2) is 0 Å². The molecule has 0 saturated heterocycles. The first-order chi connectivity index (χ1) is 52.7. The summed E-state index contributed by atoms with van der Waals surface area (Å²) in [7, 11) is -3.22.